The lowest BCUT2D eigenvalue weighted by atomic mass is 9.98. The minimum Gasteiger partial charge on any atom is -0.346 e. The van der Waals surface area contributed by atoms with Crippen LogP contribution in [0.1, 0.15) is 33.1 Å². The van der Waals surface area contributed by atoms with E-state index < -0.39 is 0 Å². The van der Waals surface area contributed by atoms with Gasteiger partial charge in [0.15, 0.2) is 0 Å². The summed E-state index contributed by atoms with van der Waals surface area (Å²) >= 11 is 0. The Morgan fingerprint density at radius 3 is 2.75 bits per heavy atom. The molecule has 0 saturated heterocycles. The number of H-pyrrole nitrogens is 2. The Morgan fingerprint density at radius 2 is 1.83 bits per heavy atom. The molecule has 1 amide bonds. The molecular formula is C29H18N6O. The number of carbonyl (C=O) groups is 1. The monoisotopic (exact) mass is 466 g/mol. The van der Waals surface area contributed by atoms with Crippen LogP contribution in [0.5, 0.6) is 0 Å². The van der Waals surface area contributed by atoms with Gasteiger partial charge in [0.05, 0.1) is 34.3 Å². The fourth-order valence-electron chi connectivity index (χ4n) is 5.18. The van der Waals surface area contributed by atoms with E-state index in [1.165, 1.54) is 0 Å². The topological polar surface area (TPSA) is 110 Å². The van der Waals surface area contributed by atoms with Gasteiger partial charge in [-0.2, -0.15) is 5.26 Å². The second kappa shape index (κ2) is 7.65. The zero-order valence-electron chi connectivity index (χ0n) is 18.9. The Morgan fingerprint density at radius 1 is 0.972 bits per heavy atom. The summed E-state index contributed by atoms with van der Waals surface area (Å²) in [5.41, 5.74) is 8.55. The number of rotatable bonds is 3. The molecule has 7 rings (SSSR count). The van der Waals surface area contributed by atoms with Crippen molar-refractivity contribution in [3.05, 3.63) is 107 Å². The second-order valence-electron chi connectivity index (χ2n) is 8.79. The lowest BCUT2D eigenvalue weighted by Crippen LogP contribution is -2.28. The summed E-state index contributed by atoms with van der Waals surface area (Å²) in [5, 5.41) is 13.3. The van der Waals surface area contributed by atoms with Crippen molar-refractivity contribution in [1.29, 1.82) is 5.26 Å². The van der Waals surface area contributed by atoms with Crippen LogP contribution in [0.25, 0.3) is 44.6 Å². The van der Waals surface area contributed by atoms with Gasteiger partial charge >= 0.3 is 0 Å². The molecular weight excluding hydrogens is 448 g/mol. The number of imidazole rings is 1. The van der Waals surface area contributed by atoms with Crippen molar-refractivity contribution >= 4 is 28.0 Å². The minimum absolute atomic E-state index is 0.159. The van der Waals surface area contributed by atoms with Gasteiger partial charge < -0.3 is 15.3 Å². The number of hydrogen-bond acceptors (Lipinski definition) is 4. The van der Waals surface area contributed by atoms with Crippen LogP contribution in [0.2, 0.25) is 0 Å². The van der Waals surface area contributed by atoms with Gasteiger partial charge in [0.25, 0.3) is 5.91 Å². The third-order valence-electron chi connectivity index (χ3n) is 6.80. The van der Waals surface area contributed by atoms with Crippen LogP contribution in [0.3, 0.4) is 0 Å². The molecule has 0 radical (unpaired) electrons. The largest absolute Gasteiger partial charge is 0.346 e. The molecule has 36 heavy (non-hydrogen) atoms. The van der Waals surface area contributed by atoms with Crippen LogP contribution in [0, 0.1) is 11.3 Å². The molecule has 1 atom stereocenters. The highest BCUT2D eigenvalue weighted by molar-refractivity contribution is 6.06. The fourth-order valence-corrected chi connectivity index (χ4v) is 5.18. The third-order valence-corrected chi connectivity index (χ3v) is 6.80. The number of benzene rings is 3. The van der Waals surface area contributed by atoms with E-state index in [9.17, 15) is 10.1 Å². The number of hydrogen-bond donors (Lipinski definition) is 3. The lowest BCUT2D eigenvalue weighted by Gasteiger charge is -2.16. The molecule has 0 saturated carbocycles. The highest BCUT2D eigenvalue weighted by Crippen LogP contribution is 2.47. The number of aromatic amines is 2. The molecule has 3 N–H and O–H groups in total. The van der Waals surface area contributed by atoms with Crippen LogP contribution < -0.4 is 5.32 Å². The fraction of sp³-hybridized carbons (Fsp3) is 0.0345. The maximum Gasteiger partial charge on any atom is 0.252 e. The molecule has 3 heterocycles. The molecule has 0 spiro atoms. The number of pyridine rings is 1. The van der Waals surface area contributed by atoms with E-state index in [2.05, 4.69) is 44.5 Å². The molecule has 7 nitrogen and oxygen atoms in total. The Bertz CT molecular complexity index is 1870. The normalized spacial score (nSPS) is 13.9. The van der Waals surface area contributed by atoms with E-state index in [1.54, 1.807) is 24.5 Å². The molecule has 0 aliphatic heterocycles. The summed E-state index contributed by atoms with van der Waals surface area (Å²) in [4.78, 5) is 29.0. The summed E-state index contributed by atoms with van der Waals surface area (Å²) in [6.07, 6.45) is 3.43. The number of nitriles is 1. The first-order chi connectivity index (χ1) is 17.7. The molecule has 3 aromatic heterocycles. The summed E-state index contributed by atoms with van der Waals surface area (Å²) in [6.45, 7) is 0. The van der Waals surface area contributed by atoms with Gasteiger partial charge in [0.1, 0.15) is 11.5 Å². The van der Waals surface area contributed by atoms with Crippen molar-refractivity contribution in [2.75, 3.05) is 0 Å². The van der Waals surface area contributed by atoms with Gasteiger partial charge in [-0.1, -0.05) is 42.5 Å². The Hall–Kier alpha value is -5.22. The van der Waals surface area contributed by atoms with E-state index in [0.29, 0.717) is 16.8 Å². The summed E-state index contributed by atoms with van der Waals surface area (Å²) in [5.74, 6) is 0.565. The first-order valence-electron chi connectivity index (χ1n) is 11.6. The maximum atomic E-state index is 13.5. The van der Waals surface area contributed by atoms with E-state index in [4.69, 9.17) is 4.98 Å². The number of nitrogens with zero attached hydrogens (tertiary/aromatic N) is 3. The second-order valence-corrected chi connectivity index (χ2v) is 8.79. The molecule has 1 unspecified atom stereocenters. The van der Waals surface area contributed by atoms with Crippen molar-refractivity contribution < 1.29 is 4.79 Å². The first kappa shape index (κ1) is 20.2. The Balaban J connectivity index is 1.35. The van der Waals surface area contributed by atoms with Gasteiger partial charge in [-0.15, -0.1) is 0 Å². The molecule has 1 aliphatic carbocycles. The number of nitrogens with one attached hydrogen (secondary N) is 3. The van der Waals surface area contributed by atoms with Gasteiger partial charge in [-0.25, -0.2) is 9.97 Å². The minimum atomic E-state index is -0.305. The third kappa shape index (κ3) is 2.95. The highest BCUT2D eigenvalue weighted by Gasteiger charge is 2.32. The molecule has 6 aromatic rings. The van der Waals surface area contributed by atoms with E-state index in [-0.39, 0.29) is 11.9 Å². The first-order valence-corrected chi connectivity index (χ1v) is 11.6. The Kier molecular flexibility index (Phi) is 4.29. The Labute approximate surface area is 205 Å². The summed E-state index contributed by atoms with van der Waals surface area (Å²) in [6, 6.07) is 25.1. The SMILES string of the molecule is N#Cc1ccc2nc(-c3cccc4c3-c3ccccc3C4NC(=O)c3ccnc4[nH]ccc34)[nH]c2c1. The quantitative estimate of drug-likeness (QED) is 0.321. The summed E-state index contributed by atoms with van der Waals surface area (Å²) in [7, 11) is 0. The van der Waals surface area contributed by atoms with Crippen LogP contribution in [0.15, 0.2) is 85.2 Å². The van der Waals surface area contributed by atoms with E-state index in [0.717, 1.165) is 50.1 Å². The van der Waals surface area contributed by atoms with E-state index >= 15 is 0 Å². The van der Waals surface area contributed by atoms with Crippen LogP contribution >= 0.6 is 0 Å². The smallest absolute Gasteiger partial charge is 0.252 e. The van der Waals surface area contributed by atoms with Crippen molar-refractivity contribution in [3.8, 4) is 28.6 Å². The van der Waals surface area contributed by atoms with Gasteiger partial charge in [-0.05, 0) is 52.6 Å². The molecule has 7 heteroatoms. The molecule has 0 fully saturated rings. The zero-order valence-corrected chi connectivity index (χ0v) is 18.9. The molecule has 1 aliphatic rings. The zero-order chi connectivity index (χ0) is 24.2. The maximum absolute atomic E-state index is 13.5. The number of fused-ring (bicyclic) bond motifs is 5. The number of aromatic nitrogens is 4. The van der Waals surface area contributed by atoms with Gasteiger partial charge in [0, 0.05) is 23.3 Å². The lowest BCUT2D eigenvalue weighted by molar-refractivity contribution is 0.0945. The van der Waals surface area contributed by atoms with Crippen molar-refractivity contribution in [1.82, 2.24) is 25.3 Å². The van der Waals surface area contributed by atoms with Crippen LogP contribution in [-0.4, -0.2) is 25.8 Å². The number of amides is 1. The molecule has 3 aromatic carbocycles. The number of carbonyl (C=O) groups excluding carboxylic acids is 1. The average Bonchev–Trinajstić information content (AvgIpc) is 3.64. The van der Waals surface area contributed by atoms with Crippen molar-refractivity contribution in [2.45, 2.75) is 6.04 Å². The molecule has 0 bridgehead atoms. The van der Waals surface area contributed by atoms with Crippen molar-refractivity contribution in [2.24, 2.45) is 0 Å². The average molecular weight is 467 g/mol. The van der Waals surface area contributed by atoms with Crippen LogP contribution in [0.4, 0.5) is 0 Å². The van der Waals surface area contributed by atoms with E-state index in [1.807, 2.05) is 42.5 Å². The highest BCUT2D eigenvalue weighted by atomic mass is 16.1. The van der Waals surface area contributed by atoms with Gasteiger partial charge in [0.2, 0.25) is 0 Å². The summed E-state index contributed by atoms with van der Waals surface area (Å²) < 4.78 is 0. The van der Waals surface area contributed by atoms with Crippen molar-refractivity contribution in [3.63, 3.8) is 0 Å². The van der Waals surface area contributed by atoms with Gasteiger partial charge in [-0.3, -0.25) is 4.79 Å². The predicted octanol–water partition coefficient (Wildman–Crippen LogP) is 5.48. The predicted molar refractivity (Wildman–Crippen MR) is 137 cm³/mol. The molecule has 170 valence electrons. The standard InChI is InChI=1S/C29H18N6O/c30-15-16-8-9-23-24(14-16)34-28(33-23)22-7-3-6-21-25(22)17-4-1-2-5-18(17)26(21)35-29(36)20-11-13-32-27-19(20)10-12-31-27/h1-14,26H,(H,31,32)(H,33,34)(H,35,36). The van der Waals surface area contributed by atoms with Crippen LogP contribution in [-0.2, 0) is 0 Å².